The van der Waals surface area contributed by atoms with Crippen molar-refractivity contribution in [2.45, 2.75) is 39.3 Å². The third-order valence-electron chi connectivity index (χ3n) is 3.32. The summed E-state index contributed by atoms with van der Waals surface area (Å²) in [4.78, 5) is 1.37. The Morgan fingerprint density at radius 1 is 1.10 bits per heavy atom. The second kappa shape index (κ2) is 7.46. The molecule has 0 fully saturated rings. The Morgan fingerprint density at radius 2 is 1.85 bits per heavy atom. The van der Waals surface area contributed by atoms with Crippen molar-refractivity contribution in [1.82, 2.24) is 5.32 Å². The van der Waals surface area contributed by atoms with Crippen molar-refractivity contribution in [2.24, 2.45) is 0 Å². The Hall–Kier alpha value is -1.32. The highest BCUT2D eigenvalue weighted by Gasteiger charge is 2.11. The Balaban J connectivity index is 1.93. The van der Waals surface area contributed by atoms with Crippen LogP contribution in [0.5, 0.6) is 5.75 Å². The van der Waals surface area contributed by atoms with E-state index in [0.717, 1.165) is 18.8 Å². The van der Waals surface area contributed by atoms with Gasteiger partial charge in [-0.25, -0.2) is 0 Å². The fourth-order valence-corrected chi connectivity index (χ4v) is 2.91. The van der Waals surface area contributed by atoms with Crippen LogP contribution in [-0.4, -0.2) is 6.61 Å². The Labute approximate surface area is 125 Å². The van der Waals surface area contributed by atoms with Gasteiger partial charge in [0.2, 0.25) is 0 Å². The molecule has 108 valence electrons. The molecule has 0 aliphatic carbocycles. The summed E-state index contributed by atoms with van der Waals surface area (Å²) in [5.74, 6) is 0.953. The average Bonchev–Trinajstić information content (AvgIpc) is 3.00. The molecule has 1 heterocycles. The molecular weight excluding hydrogens is 266 g/mol. The van der Waals surface area contributed by atoms with E-state index in [1.807, 2.05) is 0 Å². The first kappa shape index (κ1) is 15.1. The van der Waals surface area contributed by atoms with E-state index in [-0.39, 0.29) is 0 Å². The van der Waals surface area contributed by atoms with Gasteiger partial charge >= 0.3 is 0 Å². The molecule has 20 heavy (non-hydrogen) atoms. The van der Waals surface area contributed by atoms with Crippen LogP contribution >= 0.6 is 11.3 Å². The lowest BCUT2D eigenvalue weighted by atomic mass is 10.1. The SMILES string of the molecule is CCCOc1ccc(C(C)NC(C)c2cccs2)cc1. The maximum absolute atomic E-state index is 5.61. The van der Waals surface area contributed by atoms with E-state index in [1.54, 1.807) is 11.3 Å². The van der Waals surface area contributed by atoms with Gasteiger partial charge in [0.05, 0.1) is 6.61 Å². The summed E-state index contributed by atoms with van der Waals surface area (Å²) >= 11 is 1.80. The summed E-state index contributed by atoms with van der Waals surface area (Å²) < 4.78 is 5.61. The minimum Gasteiger partial charge on any atom is -0.494 e. The maximum atomic E-state index is 5.61. The van der Waals surface area contributed by atoms with Crippen LogP contribution in [0.2, 0.25) is 0 Å². The van der Waals surface area contributed by atoms with Gasteiger partial charge in [-0.1, -0.05) is 25.1 Å². The smallest absolute Gasteiger partial charge is 0.119 e. The first-order chi connectivity index (χ1) is 9.70. The average molecular weight is 289 g/mol. The van der Waals surface area contributed by atoms with Crippen LogP contribution in [0.25, 0.3) is 0 Å². The van der Waals surface area contributed by atoms with Crippen molar-refractivity contribution in [3.63, 3.8) is 0 Å². The standard InChI is InChI=1S/C17H23NOS/c1-4-11-19-16-9-7-15(8-10-16)13(2)18-14(3)17-6-5-12-20-17/h5-10,12-14,18H,4,11H2,1-3H3. The second-order valence-corrected chi connectivity index (χ2v) is 6.02. The van der Waals surface area contributed by atoms with Crippen LogP contribution in [0.1, 0.15) is 49.7 Å². The molecule has 0 saturated carbocycles. The highest BCUT2D eigenvalue weighted by molar-refractivity contribution is 7.10. The Bertz CT molecular complexity index is 492. The summed E-state index contributed by atoms with van der Waals surface area (Å²) in [5.41, 5.74) is 1.29. The third-order valence-corrected chi connectivity index (χ3v) is 4.38. The monoisotopic (exact) mass is 289 g/mol. The summed E-state index contributed by atoms with van der Waals surface area (Å²) in [6.45, 7) is 7.31. The van der Waals surface area contributed by atoms with E-state index in [2.05, 4.69) is 67.9 Å². The Morgan fingerprint density at radius 3 is 2.45 bits per heavy atom. The van der Waals surface area contributed by atoms with E-state index in [1.165, 1.54) is 10.4 Å². The van der Waals surface area contributed by atoms with Crippen LogP contribution in [-0.2, 0) is 0 Å². The molecule has 0 spiro atoms. The van der Waals surface area contributed by atoms with E-state index in [9.17, 15) is 0 Å². The molecule has 0 saturated heterocycles. The van der Waals surface area contributed by atoms with E-state index in [0.29, 0.717) is 12.1 Å². The molecule has 2 unspecified atom stereocenters. The number of nitrogens with one attached hydrogen (secondary N) is 1. The molecule has 2 atom stereocenters. The van der Waals surface area contributed by atoms with Gasteiger partial charge in [-0.15, -0.1) is 11.3 Å². The first-order valence-electron chi connectivity index (χ1n) is 7.23. The van der Waals surface area contributed by atoms with Gasteiger partial charge in [-0.05, 0) is 49.4 Å². The number of thiophene rings is 1. The van der Waals surface area contributed by atoms with Crippen molar-refractivity contribution in [1.29, 1.82) is 0 Å². The molecule has 1 aromatic heterocycles. The van der Waals surface area contributed by atoms with Gasteiger partial charge in [0.25, 0.3) is 0 Å². The van der Waals surface area contributed by atoms with Crippen molar-refractivity contribution >= 4 is 11.3 Å². The van der Waals surface area contributed by atoms with Crippen LogP contribution in [0.4, 0.5) is 0 Å². The number of ether oxygens (including phenoxy) is 1. The Kier molecular flexibility index (Phi) is 5.62. The molecule has 2 nitrogen and oxygen atoms in total. The van der Waals surface area contributed by atoms with E-state index >= 15 is 0 Å². The number of benzene rings is 1. The second-order valence-electron chi connectivity index (χ2n) is 5.04. The lowest BCUT2D eigenvalue weighted by Gasteiger charge is -2.19. The number of hydrogen-bond acceptors (Lipinski definition) is 3. The maximum Gasteiger partial charge on any atom is 0.119 e. The molecule has 1 N–H and O–H groups in total. The minimum absolute atomic E-state index is 0.326. The quantitative estimate of drug-likeness (QED) is 0.778. The normalized spacial score (nSPS) is 13.9. The van der Waals surface area contributed by atoms with Gasteiger partial charge in [-0.3, -0.25) is 0 Å². The largest absolute Gasteiger partial charge is 0.494 e. The lowest BCUT2D eigenvalue weighted by molar-refractivity contribution is 0.317. The molecule has 0 bridgehead atoms. The molecule has 3 heteroatoms. The molecule has 0 aliphatic rings. The van der Waals surface area contributed by atoms with Gasteiger partial charge in [0.1, 0.15) is 5.75 Å². The third kappa shape index (κ3) is 4.09. The minimum atomic E-state index is 0.326. The van der Waals surface area contributed by atoms with Crippen molar-refractivity contribution in [3.05, 3.63) is 52.2 Å². The lowest BCUT2D eigenvalue weighted by Crippen LogP contribution is -2.21. The fraction of sp³-hybridized carbons (Fsp3) is 0.412. The molecule has 0 amide bonds. The summed E-state index contributed by atoms with van der Waals surface area (Å²) in [6.07, 6.45) is 1.04. The molecule has 1 aromatic carbocycles. The van der Waals surface area contributed by atoms with Crippen LogP contribution < -0.4 is 10.1 Å². The highest BCUT2D eigenvalue weighted by atomic mass is 32.1. The zero-order chi connectivity index (χ0) is 14.4. The topological polar surface area (TPSA) is 21.3 Å². The molecule has 2 rings (SSSR count). The van der Waals surface area contributed by atoms with Gasteiger partial charge in [0, 0.05) is 17.0 Å². The van der Waals surface area contributed by atoms with Gasteiger partial charge in [0.15, 0.2) is 0 Å². The van der Waals surface area contributed by atoms with Crippen LogP contribution in [0, 0.1) is 0 Å². The summed E-state index contributed by atoms with van der Waals surface area (Å²) in [7, 11) is 0. The van der Waals surface area contributed by atoms with Crippen LogP contribution in [0.3, 0.4) is 0 Å². The molecule has 0 radical (unpaired) electrons. The molecule has 0 aliphatic heterocycles. The zero-order valence-corrected chi connectivity index (χ0v) is 13.2. The highest BCUT2D eigenvalue weighted by Crippen LogP contribution is 2.23. The number of rotatable bonds is 7. The summed E-state index contributed by atoms with van der Waals surface area (Å²) in [5, 5.41) is 5.75. The van der Waals surface area contributed by atoms with E-state index in [4.69, 9.17) is 4.74 Å². The van der Waals surface area contributed by atoms with E-state index < -0.39 is 0 Å². The fourth-order valence-electron chi connectivity index (χ4n) is 2.16. The predicted molar refractivity (Wildman–Crippen MR) is 86.5 cm³/mol. The zero-order valence-electron chi connectivity index (χ0n) is 12.4. The van der Waals surface area contributed by atoms with Gasteiger partial charge in [-0.2, -0.15) is 0 Å². The van der Waals surface area contributed by atoms with Crippen molar-refractivity contribution in [2.75, 3.05) is 6.61 Å². The van der Waals surface area contributed by atoms with Crippen molar-refractivity contribution in [3.8, 4) is 5.75 Å². The van der Waals surface area contributed by atoms with Gasteiger partial charge < -0.3 is 10.1 Å². The number of hydrogen-bond donors (Lipinski definition) is 1. The van der Waals surface area contributed by atoms with Crippen molar-refractivity contribution < 1.29 is 4.74 Å². The molecule has 2 aromatic rings. The predicted octanol–water partition coefficient (Wildman–Crippen LogP) is 4.95. The summed E-state index contributed by atoms with van der Waals surface area (Å²) in [6, 6.07) is 13.4. The first-order valence-corrected chi connectivity index (χ1v) is 8.11. The van der Waals surface area contributed by atoms with Crippen LogP contribution in [0.15, 0.2) is 41.8 Å². The molecular formula is C17H23NOS.